The van der Waals surface area contributed by atoms with E-state index in [1.165, 1.54) is 42.1 Å². The first-order chi connectivity index (χ1) is 13.9. The lowest BCUT2D eigenvalue weighted by atomic mass is 10.1. The number of carbonyl (C=O) groups is 2. The van der Waals surface area contributed by atoms with Crippen molar-refractivity contribution in [3.05, 3.63) is 64.6 Å². The molecule has 0 atom stereocenters. The van der Waals surface area contributed by atoms with E-state index in [9.17, 15) is 22.8 Å². The average molecular weight is 424 g/mol. The van der Waals surface area contributed by atoms with Gasteiger partial charge in [-0.2, -0.15) is 4.39 Å². The molecule has 0 bridgehead atoms. The van der Waals surface area contributed by atoms with Gasteiger partial charge in [-0.3, -0.25) is 9.59 Å². The number of rotatable bonds is 6. The first-order valence-electron chi connectivity index (χ1n) is 8.12. The van der Waals surface area contributed by atoms with Gasteiger partial charge in [0.25, 0.3) is 5.91 Å². The Morgan fingerprint density at radius 2 is 2.03 bits per heavy atom. The predicted molar refractivity (Wildman–Crippen MR) is 100.0 cm³/mol. The molecule has 1 aromatic heterocycles. The van der Waals surface area contributed by atoms with Gasteiger partial charge in [0.05, 0.1) is 16.9 Å². The van der Waals surface area contributed by atoms with Crippen LogP contribution < -0.4 is 10.1 Å². The number of hydrogen-bond acceptors (Lipinski definition) is 4. The number of hydrogen-bond donors (Lipinski definition) is 1. The molecule has 0 aliphatic carbocycles. The number of alkyl halides is 1. The number of nitrogens with zero attached hydrogens (tertiary/aromatic N) is 2. The average Bonchev–Trinajstić information content (AvgIpc) is 3.07. The van der Waals surface area contributed by atoms with E-state index in [-0.39, 0.29) is 27.7 Å². The molecule has 150 valence electrons. The summed E-state index contributed by atoms with van der Waals surface area (Å²) in [5, 5.41) is 2.71. The number of anilines is 1. The zero-order valence-corrected chi connectivity index (χ0v) is 15.6. The number of nitrogens with one attached hydrogen (secondary N) is 1. The summed E-state index contributed by atoms with van der Waals surface area (Å²) in [6.07, 6.45) is 1.78. The molecule has 0 aliphatic rings. The van der Waals surface area contributed by atoms with Gasteiger partial charge in [0.2, 0.25) is 12.7 Å². The number of amides is 1. The monoisotopic (exact) mass is 423 g/mol. The number of benzene rings is 2. The number of aromatic nitrogens is 2. The Balaban J connectivity index is 1.89. The van der Waals surface area contributed by atoms with Gasteiger partial charge in [0.1, 0.15) is 0 Å². The fraction of sp³-hybridized carbons (Fsp3) is 0.105. The van der Waals surface area contributed by atoms with Crippen LogP contribution in [0, 0.1) is 11.6 Å². The molecule has 29 heavy (non-hydrogen) atoms. The first-order valence-corrected chi connectivity index (χ1v) is 8.50. The van der Waals surface area contributed by atoms with Crippen molar-refractivity contribution < 1.29 is 27.5 Å². The molecule has 0 aliphatic heterocycles. The maximum absolute atomic E-state index is 14.4. The van der Waals surface area contributed by atoms with Crippen LogP contribution in [-0.2, 0) is 7.05 Å². The van der Waals surface area contributed by atoms with Gasteiger partial charge in [-0.15, -0.1) is 0 Å². The van der Waals surface area contributed by atoms with Crippen LogP contribution in [0.1, 0.15) is 21.0 Å². The van der Waals surface area contributed by atoms with Gasteiger partial charge in [-0.25, -0.2) is 13.8 Å². The largest absolute Gasteiger partial charge is 0.460 e. The Morgan fingerprint density at radius 1 is 1.28 bits per heavy atom. The fourth-order valence-electron chi connectivity index (χ4n) is 2.66. The highest BCUT2D eigenvalue weighted by Gasteiger charge is 2.21. The quantitative estimate of drug-likeness (QED) is 0.597. The predicted octanol–water partition coefficient (Wildman–Crippen LogP) is 4.39. The SMILES string of the molecule is Cn1c(-c2ccc(OCF)c(F)c2F)cnc1C(=O)Nc1ccc(C=O)c(Cl)c1. The standard InChI is InChI=1S/C19H13ClF3N3O3/c1-26-14(12-4-5-15(29-9-21)17(23)16(12)22)7-24-18(26)19(28)25-11-3-2-10(8-27)13(20)6-11/h2-8H,9H2,1H3,(H,25,28). The lowest BCUT2D eigenvalue weighted by Crippen LogP contribution is -2.17. The molecular formula is C19H13ClF3N3O3. The third-order valence-corrected chi connectivity index (χ3v) is 4.44. The second-order valence-electron chi connectivity index (χ2n) is 5.83. The van der Waals surface area contributed by atoms with Crippen LogP contribution in [0.15, 0.2) is 36.5 Å². The second kappa shape index (κ2) is 8.36. The molecular weight excluding hydrogens is 411 g/mol. The summed E-state index contributed by atoms with van der Waals surface area (Å²) in [6.45, 7) is -1.30. The van der Waals surface area contributed by atoms with E-state index in [0.29, 0.717) is 12.0 Å². The highest BCUT2D eigenvalue weighted by atomic mass is 35.5. The van der Waals surface area contributed by atoms with E-state index >= 15 is 0 Å². The maximum atomic E-state index is 14.4. The summed E-state index contributed by atoms with van der Waals surface area (Å²) in [4.78, 5) is 27.3. The highest BCUT2D eigenvalue weighted by molar-refractivity contribution is 6.33. The van der Waals surface area contributed by atoms with Crippen LogP contribution >= 0.6 is 11.6 Å². The molecule has 6 nitrogen and oxygen atoms in total. The van der Waals surface area contributed by atoms with Crippen molar-refractivity contribution in [3.8, 4) is 17.0 Å². The van der Waals surface area contributed by atoms with Crippen molar-refractivity contribution in [1.82, 2.24) is 9.55 Å². The number of aldehydes is 1. The normalized spacial score (nSPS) is 10.7. The zero-order valence-electron chi connectivity index (χ0n) is 14.9. The number of carbonyl (C=O) groups excluding carboxylic acids is 2. The van der Waals surface area contributed by atoms with Crippen molar-refractivity contribution in [2.75, 3.05) is 12.2 Å². The van der Waals surface area contributed by atoms with Gasteiger partial charge in [0, 0.05) is 23.9 Å². The van der Waals surface area contributed by atoms with Gasteiger partial charge >= 0.3 is 0 Å². The van der Waals surface area contributed by atoms with Crippen molar-refractivity contribution in [2.45, 2.75) is 0 Å². The Kier molecular flexibility index (Phi) is 5.88. The summed E-state index contributed by atoms with van der Waals surface area (Å²) < 4.78 is 46.2. The van der Waals surface area contributed by atoms with E-state index in [0.717, 1.165) is 6.07 Å². The van der Waals surface area contributed by atoms with E-state index in [2.05, 4.69) is 15.0 Å². The minimum atomic E-state index is -1.35. The van der Waals surface area contributed by atoms with Crippen LogP contribution in [0.5, 0.6) is 5.75 Å². The molecule has 3 rings (SSSR count). The number of halogens is 4. The molecule has 0 saturated carbocycles. The van der Waals surface area contributed by atoms with Crippen molar-refractivity contribution in [1.29, 1.82) is 0 Å². The summed E-state index contributed by atoms with van der Waals surface area (Å²) >= 11 is 5.93. The molecule has 0 spiro atoms. The van der Waals surface area contributed by atoms with Gasteiger partial charge < -0.3 is 14.6 Å². The molecule has 0 radical (unpaired) electrons. The summed E-state index contributed by atoms with van der Waals surface area (Å²) in [5.41, 5.74) is 0.524. The Morgan fingerprint density at radius 3 is 2.69 bits per heavy atom. The molecule has 10 heteroatoms. The van der Waals surface area contributed by atoms with Gasteiger partial charge in [-0.1, -0.05) is 11.6 Å². The summed E-state index contributed by atoms with van der Waals surface area (Å²) in [6, 6.07) is 6.59. The third-order valence-electron chi connectivity index (χ3n) is 4.11. The van der Waals surface area contributed by atoms with Gasteiger partial charge in [0.15, 0.2) is 23.7 Å². The topological polar surface area (TPSA) is 73.2 Å². The summed E-state index contributed by atoms with van der Waals surface area (Å²) in [5.74, 6) is -3.89. The Bertz CT molecular complexity index is 1100. The number of ether oxygens (including phenoxy) is 1. The molecule has 0 saturated heterocycles. The fourth-order valence-corrected chi connectivity index (χ4v) is 2.88. The first kappa shape index (κ1) is 20.4. The molecule has 0 fully saturated rings. The van der Waals surface area contributed by atoms with E-state index in [4.69, 9.17) is 11.6 Å². The molecule has 1 heterocycles. The lowest BCUT2D eigenvalue weighted by molar-refractivity contribution is 0.101. The lowest BCUT2D eigenvalue weighted by Gasteiger charge is -2.10. The second-order valence-corrected chi connectivity index (χ2v) is 6.23. The van der Waals surface area contributed by atoms with Crippen molar-refractivity contribution >= 4 is 29.5 Å². The molecule has 2 aromatic carbocycles. The maximum Gasteiger partial charge on any atom is 0.291 e. The zero-order chi connectivity index (χ0) is 21.1. The third kappa shape index (κ3) is 3.95. The minimum absolute atomic E-state index is 0.0838. The minimum Gasteiger partial charge on any atom is -0.460 e. The Labute approximate surface area is 167 Å². The van der Waals surface area contributed by atoms with Crippen molar-refractivity contribution in [2.24, 2.45) is 7.05 Å². The van der Waals surface area contributed by atoms with Crippen LogP contribution in [0.2, 0.25) is 5.02 Å². The van der Waals surface area contributed by atoms with Crippen LogP contribution in [-0.4, -0.2) is 28.6 Å². The summed E-state index contributed by atoms with van der Waals surface area (Å²) in [7, 11) is 1.45. The smallest absolute Gasteiger partial charge is 0.291 e. The van der Waals surface area contributed by atoms with E-state index in [1.807, 2.05) is 0 Å². The van der Waals surface area contributed by atoms with E-state index < -0.39 is 30.2 Å². The van der Waals surface area contributed by atoms with Crippen molar-refractivity contribution in [3.63, 3.8) is 0 Å². The molecule has 0 unspecified atom stereocenters. The molecule has 1 amide bonds. The molecule has 1 N–H and O–H groups in total. The van der Waals surface area contributed by atoms with Crippen LogP contribution in [0.25, 0.3) is 11.3 Å². The number of imidazole rings is 1. The molecule has 3 aromatic rings. The van der Waals surface area contributed by atoms with Crippen LogP contribution in [0.3, 0.4) is 0 Å². The highest BCUT2D eigenvalue weighted by Crippen LogP contribution is 2.30. The van der Waals surface area contributed by atoms with E-state index in [1.54, 1.807) is 0 Å². The Hall–Kier alpha value is -3.33. The van der Waals surface area contributed by atoms with Gasteiger partial charge in [-0.05, 0) is 30.3 Å². The van der Waals surface area contributed by atoms with Crippen LogP contribution in [0.4, 0.5) is 18.9 Å².